The first-order valence-electron chi connectivity index (χ1n) is 4.97. The summed E-state index contributed by atoms with van der Waals surface area (Å²) in [6, 6.07) is 9.36. The Labute approximate surface area is 92.2 Å². The standard InChI is InChI=1S/C12H17NOS/c1-11(2)9-10-15(14,13-3)12-7-5-4-6-8-12/h4-11H,1-3H3/b10-9+/t15-/m1/s1. The van der Waals surface area contributed by atoms with E-state index in [1.54, 1.807) is 12.5 Å². The molecular formula is C12H17NOS. The molecule has 15 heavy (non-hydrogen) atoms. The van der Waals surface area contributed by atoms with Crippen LogP contribution in [0.5, 0.6) is 0 Å². The van der Waals surface area contributed by atoms with Crippen molar-refractivity contribution in [3.63, 3.8) is 0 Å². The summed E-state index contributed by atoms with van der Waals surface area (Å²) in [5.41, 5.74) is 0. The molecule has 0 saturated heterocycles. The highest BCUT2D eigenvalue weighted by molar-refractivity contribution is 7.96. The van der Waals surface area contributed by atoms with Crippen LogP contribution in [-0.2, 0) is 9.73 Å². The van der Waals surface area contributed by atoms with Gasteiger partial charge in [-0.2, -0.15) is 0 Å². The van der Waals surface area contributed by atoms with E-state index < -0.39 is 9.73 Å². The summed E-state index contributed by atoms with van der Waals surface area (Å²) >= 11 is 0. The van der Waals surface area contributed by atoms with Crippen LogP contribution in [-0.4, -0.2) is 11.3 Å². The van der Waals surface area contributed by atoms with Crippen LogP contribution in [0.3, 0.4) is 0 Å². The molecule has 2 nitrogen and oxygen atoms in total. The second-order valence-electron chi connectivity index (χ2n) is 3.64. The zero-order chi connectivity index (χ0) is 11.3. The van der Waals surface area contributed by atoms with Crippen molar-refractivity contribution in [2.45, 2.75) is 18.7 Å². The average molecular weight is 223 g/mol. The summed E-state index contributed by atoms with van der Waals surface area (Å²) < 4.78 is 16.4. The van der Waals surface area contributed by atoms with Gasteiger partial charge >= 0.3 is 0 Å². The summed E-state index contributed by atoms with van der Waals surface area (Å²) in [4.78, 5) is 0.768. The minimum absolute atomic E-state index is 0.385. The number of hydrogen-bond donors (Lipinski definition) is 0. The number of hydrogen-bond acceptors (Lipinski definition) is 2. The second-order valence-corrected chi connectivity index (χ2v) is 5.88. The van der Waals surface area contributed by atoms with Crippen LogP contribution in [0.25, 0.3) is 0 Å². The van der Waals surface area contributed by atoms with Crippen molar-refractivity contribution in [1.29, 1.82) is 0 Å². The van der Waals surface area contributed by atoms with E-state index in [9.17, 15) is 4.21 Å². The average Bonchev–Trinajstić information content (AvgIpc) is 2.27. The molecule has 0 heterocycles. The molecular weight excluding hydrogens is 206 g/mol. The molecule has 82 valence electrons. The van der Waals surface area contributed by atoms with Gasteiger partial charge in [0.25, 0.3) is 0 Å². The Bertz CT molecular complexity index is 440. The lowest BCUT2D eigenvalue weighted by atomic mass is 10.2. The van der Waals surface area contributed by atoms with Crippen LogP contribution < -0.4 is 0 Å². The van der Waals surface area contributed by atoms with Crippen molar-refractivity contribution in [3.05, 3.63) is 41.8 Å². The molecule has 1 atom stereocenters. The normalized spacial score (nSPS) is 15.5. The molecule has 0 fully saturated rings. The van der Waals surface area contributed by atoms with Crippen molar-refractivity contribution in [1.82, 2.24) is 0 Å². The van der Waals surface area contributed by atoms with Crippen LogP contribution in [0.4, 0.5) is 0 Å². The van der Waals surface area contributed by atoms with E-state index in [2.05, 4.69) is 18.2 Å². The fourth-order valence-corrected chi connectivity index (χ4v) is 2.69. The van der Waals surface area contributed by atoms with E-state index in [1.807, 2.05) is 36.4 Å². The van der Waals surface area contributed by atoms with Gasteiger partial charge in [-0.3, -0.25) is 0 Å². The summed E-state index contributed by atoms with van der Waals surface area (Å²) in [5.74, 6) is 0.385. The lowest BCUT2D eigenvalue weighted by Gasteiger charge is -2.04. The van der Waals surface area contributed by atoms with Crippen molar-refractivity contribution in [3.8, 4) is 0 Å². The molecule has 0 radical (unpaired) electrons. The molecule has 1 rings (SSSR count). The van der Waals surface area contributed by atoms with E-state index in [-0.39, 0.29) is 0 Å². The predicted molar refractivity (Wildman–Crippen MR) is 65.2 cm³/mol. The van der Waals surface area contributed by atoms with E-state index in [1.165, 1.54) is 0 Å². The third kappa shape index (κ3) is 3.20. The summed E-state index contributed by atoms with van der Waals surface area (Å²) in [6.07, 6.45) is 1.93. The van der Waals surface area contributed by atoms with Gasteiger partial charge in [-0.05, 0) is 18.1 Å². The van der Waals surface area contributed by atoms with E-state index in [0.717, 1.165) is 4.90 Å². The largest absolute Gasteiger partial charge is 0.240 e. The Morgan fingerprint density at radius 2 is 1.87 bits per heavy atom. The molecule has 0 aliphatic rings. The number of allylic oxidation sites excluding steroid dienone is 1. The molecule has 3 heteroatoms. The highest BCUT2D eigenvalue weighted by Gasteiger charge is 2.06. The highest BCUT2D eigenvalue weighted by Crippen LogP contribution is 2.15. The fourth-order valence-electron chi connectivity index (χ4n) is 1.12. The van der Waals surface area contributed by atoms with Gasteiger partial charge in [-0.1, -0.05) is 38.1 Å². The van der Waals surface area contributed by atoms with Crippen LogP contribution in [0.1, 0.15) is 13.8 Å². The third-order valence-electron chi connectivity index (χ3n) is 2.00. The number of rotatable bonds is 3. The van der Waals surface area contributed by atoms with Gasteiger partial charge in [0.2, 0.25) is 0 Å². The topological polar surface area (TPSA) is 29.4 Å². The zero-order valence-electron chi connectivity index (χ0n) is 9.38. The Balaban J connectivity index is 3.15. The number of benzene rings is 1. The van der Waals surface area contributed by atoms with Crippen LogP contribution in [0, 0.1) is 5.92 Å². The van der Waals surface area contributed by atoms with E-state index in [4.69, 9.17) is 0 Å². The maximum atomic E-state index is 12.4. The SMILES string of the molecule is CN=[S@@](=O)(/C=C/C(C)C)c1ccccc1. The van der Waals surface area contributed by atoms with Crippen molar-refractivity contribution < 1.29 is 4.21 Å². The first-order valence-corrected chi connectivity index (χ1v) is 6.55. The maximum Gasteiger partial charge on any atom is 0.0963 e. The Morgan fingerprint density at radius 1 is 1.27 bits per heavy atom. The fraction of sp³-hybridized carbons (Fsp3) is 0.333. The predicted octanol–water partition coefficient (Wildman–Crippen LogP) is 3.31. The smallest absolute Gasteiger partial charge is 0.0963 e. The van der Waals surface area contributed by atoms with Gasteiger partial charge in [0.1, 0.15) is 0 Å². The van der Waals surface area contributed by atoms with Crippen LogP contribution in [0.2, 0.25) is 0 Å². The maximum absolute atomic E-state index is 12.4. The molecule has 0 saturated carbocycles. The van der Waals surface area contributed by atoms with Crippen LogP contribution in [0.15, 0.2) is 51.1 Å². The van der Waals surface area contributed by atoms with Gasteiger partial charge in [-0.15, -0.1) is 0 Å². The van der Waals surface area contributed by atoms with Gasteiger partial charge in [0, 0.05) is 12.5 Å². The second kappa shape index (κ2) is 5.12. The first-order chi connectivity index (χ1) is 7.08. The lowest BCUT2D eigenvalue weighted by molar-refractivity contribution is 0.681. The quantitative estimate of drug-likeness (QED) is 0.773. The van der Waals surface area contributed by atoms with Crippen LogP contribution >= 0.6 is 0 Å². The number of nitrogens with zero attached hydrogens (tertiary/aromatic N) is 1. The summed E-state index contributed by atoms with van der Waals surface area (Å²) in [6.45, 7) is 4.11. The molecule has 0 aliphatic carbocycles. The molecule has 1 aromatic carbocycles. The molecule has 0 amide bonds. The minimum atomic E-state index is -2.36. The van der Waals surface area contributed by atoms with Crippen molar-refractivity contribution >= 4 is 9.73 Å². The Kier molecular flexibility index (Phi) is 4.09. The molecule has 0 aromatic heterocycles. The molecule has 0 spiro atoms. The molecule has 0 bridgehead atoms. The van der Waals surface area contributed by atoms with Gasteiger partial charge < -0.3 is 0 Å². The lowest BCUT2D eigenvalue weighted by Crippen LogP contribution is -1.96. The van der Waals surface area contributed by atoms with Gasteiger partial charge in [0.05, 0.1) is 14.6 Å². The van der Waals surface area contributed by atoms with Crippen molar-refractivity contribution in [2.24, 2.45) is 10.3 Å². The summed E-state index contributed by atoms with van der Waals surface area (Å²) in [7, 11) is -0.759. The highest BCUT2D eigenvalue weighted by atomic mass is 32.2. The van der Waals surface area contributed by atoms with E-state index >= 15 is 0 Å². The minimum Gasteiger partial charge on any atom is -0.240 e. The molecule has 0 unspecified atom stereocenters. The van der Waals surface area contributed by atoms with E-state index in [0.29, 0.717) is 5.92 Å². The first kappa shape index (κ1) is 12.0. The van der Waals surface area contributed by atoms with Gasteiger partial charge in [0.15, 0.2) is 0 Å². The monoisotopic (exact) mass is 223 g/mol. The Morgan fingerprint density at radius 3 is 2.33 bits per heavy atom. The van der Waals surface area contributed by atoms with Crippen molar-refractivity contribution in [2.75, 3.05) is 7.05 Å². The molecule has 1 aromatic rings. The summed E-state index contributed by atoms with van der Waals surface area (Å²) in [5, 5.41) is 1.72. The molecule has 0 aliphatic heterocycles. The zero-order valence-corrected chi connectivity index (χ0v) is 10.2. The van der Waals surface area contributed by atoms with Gasteiger partial charge in [-0.25, -0.2) is 8.57 Å². The Hall–Kier alpha value is -1.09. The third-order valence-corrected chi connectivity index (χ3v) is 4.02. The molecule has 0 N–H and O–H groups in total.